The zero-order valence-corrected chi connectivity index (χ0v) is 18.7. The summed E-state index contributed by atoms with van der Waals surface area (Å²) >= 11 is 1.58. The van der Waals surface area contributed by atoms with Crippen molar-refractivity contribution in [1.82, 2.24) is 25.1 Å². The molecule has 2 heterocycles. The first-order chi connectivity index (χ1) is 15.5. The second-order valence-electron chi connectivity index (χ2n) is 6.79. The van der Waals surface area contributed by atoms with Gasteiger partial charge in [-0.2, -0.15) is 5.10 Å². The number of ether oxygens (including phenoxy) is 1. The Morgan fingerprint density at radius 1 is 1.25 bits per heavy atom. The zero-order valence-electron chi connectivity index (χ0n) is 17.9. The number of nitrogens with one attached hydrogen (secondary N) is 2. The van der Waals surface area contributed by atoms with Crippen molar-refractivity contribution < 1.29 is 14.5 Å². The minimum atomic E-state index is -0.502. The van der Waals surface area contributed by atoms with Gasteiger partial charge in [0.05, 0.1) is 29.7 Å². The first-order valence-corrected chi connectivity index (χ1v) is 11.1. The van der Waals surface area contributed by atoms with Crippen molar-refractivity contribution in [3.05, 3.63) is 46.1 Å². The Kier molecular flexibility index (Phi) is 8.34. The van der Waals surface area contributed by atoms with Crippen LogP contribution < -0.4 is 10.6 Å². The van der Waals surface area contributed by atoms with Crippen LogP contribution in [-0.4, -0.2) is 63.1 Å². The van der Waals surface area contributed by atoms with E-state index in [9.17, 15) is 14.9 Å². The van der Waals surface area contributed by atoms with Crippen molar-refractivity contribution in [3.63, 3.8) is 0 Å². The van der Waals surface area contributed by atoms with Gasteiger partial charge in [-0.15, -0.1) is 0 Å². The van der Waals surface area contributed by atoms with Gasteiger partial charge in [0.1, 0.15) is 5.82 Å². The van der Waals surface area contributed by atoms with E-state index in [1.165, 1.54) is 24.3 Å². The number of hydrogen-bond acceptors (Lipinski definition) is 9. The maximum Gasteiger partial charge on any atom is 0.269 e. The van der Waals surface area contributed by atoms with Crippen LogP contribution in [0, 0.1) is 10.1 Å². The maximum absolute atomic E-state index is 12.3. The lowest BCUT2D eigenvalue weighted by Crippen LogP contribution is -2.27. The third-order valence-corrected chi connectivity index (χ3v) is 5.51. The summed E-state index contributed by atoms with van der Waals surface area (Å²) in [6.07, 6.45) is 2.71. The van der Waals surface area contributed by atoms with E-state index in [2.05, 4.69) is 32.6 Å². The highest BCUT2D eigenvalue weighted by molar-refractivity contribution is 7.99. The summed E-state index contributed by atoms with van der Waals surface area (Å²) in [5, 5.41) is 22.7. The van der Waals surface area contributed by atoms with Crippen LogP contribution in [0.1, 0.15) is 23.7 Å². The number of anilines is 1. The monoisotopic (exact) mass is 459 g/mol. The Bertz CT molecular complexity index is 1070. The van der Waals surface area contributed by atoms with Gasteiger partial charge in [-0.3, -0.25) is 14.9 Å². The van der Waals surface area contributed by atoms with E-state index in [1.54, 1.807) is 29.8 Å². The van der Waals surface area contributed by atoms with Gasteiger partial charge in [0.2, 0.25) is 0 Å². The Hall–Kier alpha value is -3.25. The van der Waals surface area contributed by atoms with E-state index >= 15 is 0 Å². The second kappa shape index (κ2) is 11.4. The third kappa shape index (κ3) is 5.92. The second-order valence-corrected chi connectivity index (χ2v) is 7.85. The molecule has 0 spiro atoms. The standard InChI is InChI=1S/C20H25N7O4S/c1-3-12-32-20-24-17(21-9-11-31-2)16-13-23-26(18(16)25-20)10-8-22-19(28)14-4-6-15(7-5-14)27(29)30/h4-7,13H,3,8-12H2,1-2H3,(H,22,28)(H,21,24,25). The van der Waals surface area contributed by atoms with Crippen LogP contribution in [0.2, 0.25) is 0 Å². The number of fused-ring (bicyclic) bond motifs is 1. The van der Waals surface area contributed by atoms with E-state index in [-0.39, 0.29) is 11.6 Å². The predicted octanol–water partition coefficient (Wildman–Crippen LogP) is 2.72. The molecule has 3 aromatic rings. The summed E-state index contributed by atoms with van der Waals surface area (Å²) in [6, 6.07) is 5.47. The molecule has 170 valence electrons. The molecule has 0 bridgehead atoms. The topological polar surface area (TPSA) is 137 Å². The van der Waals surface area contributed by atoms with Crippen molar-refractivity contribution in [2.45, 2.75) is 25.0 Å². The number of amides is 1. The molecule has 1 aromatic carbocycles. The molecule has 11 nitrogen and oxygen atoms in total. The number of hydrogen-bond donors (Lipinski definition) is 2. The number of rotatable bonds is 12. The van der Waals surface area contributed by atoms with Gasteiger partial charge in [-0.25, -0.2) is 14.6 Å². The van der Waals surface area contributed by atoms with E-state index in [1.807, 2.05) is 0 Å². The van der Waals surface area contributed by atoms with Gasteiger partial charge in [0.25, 0.3) is 11.6 Å². The fraction of sp³-hybridized carbons (Fsp3) is 0.400. The van der Waals surface area contributed by atoms with Crippen LogP contribution in [0.5, 0.6) is 0 Å². The quantitative estimate of drug-likeness (QED) is 0.138. The lowest BCUT2D eigenvalue weighted by Gasteiger charge is -2.10. The number of aromatic nitrogens is 4. The molecule has 2 N–H and O–H groups in total. The summed E-state index contributed by atoms with van der Waals surface area (Å²) in [7, 11) is 1.64. The van der Waals surface area contributed by atoms with Crippen molar-refractivity contribution in [1.29, 1.82) is 0 Å². The van der Waals surface area contributed by atoms with Crippen LogP contribution in [0.25, 0.3) is 11.0 Å². The highest BCUT2D eigenvalue weighted by Gasteiger charge is 2.14. The van der Waals surface area contributed by atoms with Gasteiger partial charge < -0.3 is 15.4 Å². The number of benzene rings is 1. The molecule has 0 fully saturated rings. The summed E-state index contributed by atoms with van der Waals surface area (Å²) in [6.45, 7) is 3.99. The summed E-state index contributed by atoms with van der Waals surface area (Å²) < 4.78 is 6.83. The molecular weight excluding hydrogens is 434 g/mol. The van der Waals surface area contributed by atoms with Crippen molar-refractivity contribution in [2.75, 3.05) is 37.9 Å². The first kappa shape index (κ1) is 23.4. The highest BCUT2D eigenvalue weighted by Crippen LogP contribution is 2.24. The van der Waals surface area contributed by atoms with Crippen molar-refractivity contribution >= 4 is 40.2 Å². The number of thioether (sulfide) groups is 1. The summed E-state index contributed by atoms with van der Waals surface area (Å²) in [4.78, 5) is 31.8. The summed E-state index contributed by atoms with van der Waals surface area (Å²) in [5.74, 6) is 1.29. The summed E-state index contributed by atoms with van der Waals surface area (Å²) in [5.41, 5.74) is 0.977. The van der Waals surface area contributed by atoms with Crippen LogP contribution >= 0.6 is 11.8 Å². The van der Waals surface area contributed by atoms with E-state index < -0.39 is 4.92 Å². The number of nitro groups is 1. The van der Waals surface area contributed by atoms with E-state index in [0.717, 1.165) is 17.6 Å². The molecule has 0 saturated heterocycles. The van der Waals surface area contributed by atoms with Gasteiger partial charge in [-0.05, 0) is 18.6 Å². The smallest absolute Gasteiger partial charge is 0.269 e. The minimum Gasteiger partial charge on any atom is -0.383 e. The molecule has 3 rings (SSSR count). The largest absolute Gasteiger partial charge is 0.383 e. The van der Waals surface area contributed by atoms with E-state index in [0.29, 0.717) is 48.4 Å². The molecule has 12 heteroatoms. The molecule has 0 aliphatic carbocycles. The van der Waals surface area contributed by atoms with Crippen molar-refractivity contribution in [2.24, 2.45) is 0 Å². The molecule has 0 aliphatic rings. The highest BCUT2D eigenvalue weighted by atomic mass is 32.2. The molecule has 2 aromatic heterocycles. The first-order valence-electron chi connectivity index (χ1n) is 10.1. The van der Waals surface area contributed by atoms with Crippen molar-refractivity contribution in [3.8, 4) is 0 Å². The average molecular weight is 460 g/mol. The lowest BCUT2D eigenvalue weighted by atomic mass is 10.2. The van der Waals surface area contributed by atoms with Gasteiger partial charge in [0, 0.05) is 43.6 Å². The van der Waals surface area contributed by atoms with Gasteiger partial charge in [0.15, 0.2) is 10.8 Å². The zero-order chi connectivity index (χ0) is 22.9. The van der Waals surface area contributed by atoms with E-state index in [4.69, 9.17) is 4.74 Å². The lowest BCUT2D eigenvalue weighted by molar-refractivity contribution is -0.384. The van der Waals surface area contributed by atoms with Crippen LogP contribution in [0.3, 0.4) is 0 Å². The molecule has 0 radical (unpaired) electrons. The number of nitro benzene ring substituents is 1. The Morgan fingerprint density at radius 2 is 2.03 bits per heavy atom. The SMILES string of the molecule is CCCSc1nc(NCCOC)c2cnn(CCNC(=O)c3ccc([N+](=O)[O-])cc3)c2n1. The fourth-order valence-corrected chi connectivity index (χ4v) is 3.57. The molecular formula is C20H25N7O4S. The number of methoxy groups -OCH3 is 1. The number of carbonyl (C=O) groups excluding carboxylic acids is 1. The van der Waals surface area contributed by atoms with Gasteiger partial charge in [-0.1, -0.05) is 18.7 Å². The molecule has 1 amide bonds. The molecule has 0 saturated carbocycles. The molecule has 0 unspecified atom stereocenters. The predicted molar refractivity (Wildman–Crippen MR) is 122 cm³/mol. The van der Waals surface area contributed by atoms with Crippen LogP contribution in [0.4, 0.5) is 11.5 Å². The van der Waals surface area contributed by atoms with Crippen LogP contribution in [0.15, 0.2) is 35.6 Å². The van der Waals surface area contributed by atoms with Gasteiger partial charge >= 0.3 is 0 Å². The number of carbonyl (C=O) groups is 1. The Balaban J connectivity index is 1.70. The molecule has 0 atom stereocenters. The molecule has 32 heavy (non-hydrogen) atoms. The normalized spacial score (nSPS) is 10.9. The maximum atomic E-state index is 12.3. The average Bonchev–Trinajstić information content (AvgIpc) is 3.21. The number of non-ortho nitro benzene ring substituents is 1. The van der Waals surface area contributed by atoms with Crippen LogP contribution in [-0.2, 0) is 11.3 Å². The third-order valence-electron chi connectivity index (χ3n) is 4.46. The minimum absolute atomic E-state index is 0.0593. The Labute approximate surface area is 189 Å². The number of nitrogens with zero attached hydrogens (tertiary/aromatic N) is 5. The Morgan fingerprint density at radius 3 is 2.72 bits per heavy atom. The fourth-order valence-electron chi connectivity index (χ4n) is 2.88. The molecule has 0 aliphatic heterocycles.